The first-order valence-corrected chi connectivity index (χ1v) is 30.4. The molecular formula is C80H72N8Pt2. The van der Waals surface area contributed by atoms with E-state index in [9.17, 15) is 0 Å². The van der Waals surface area contributed by atoms with Crippen molar-refractivity contribution in [1.29, 1.82) is 0 Å². The largest absolute Gasteiger partial charge is 2.00 e. The SMILES string of the molecule is CC(C)(C)c1cn(C(C)(C)C)[c-]n1.CC(C)(C)c1cn(C(C)(C)C)[c-]n1.[Pt+2].[Pt+2].[c-]1cccc2c3cccc4c5ccccc5c5ccccc5c5cccnc5n(c12)c43.[c-]1cccc2c3cccc4c5ccccc5c5ccccc5c5cccnc5n(c12)c43. The van der Waals surface area contributed by atoms with Crippen LogP contribution in [0.2, 0.25) is 0 Å². The summed E-state index contributed by atoms with van der Waals surface area (Å²) in [5, 5.41) is 19.3. The number of para-hydroxylation sites is 4. The molecule has 16 rings (SSSR count). The minimum Gasteiger partial charge on any atom is -0.449 e. The molecule has 0 N–H and O–H groups in total. The van der Waals surface area contributed by atoms with Crippen LogP contribution in [0.4, 0.5) is 0 Å². The van der Waals surface area contributed by atoms with Gasteiger partial charge in [-0.05, 0) is 120 Å². The van der Waals surface area contributed by atoms with Gasteiger partial charge in [-0.3, -0.25) is 0 Å². The maximum absolute atomic E-state index is 4.91. The average Bonchev–Trinajstić information content (AvgIpc) is 1.57. The van der Waals surface area contributed by atoms with Gasteiger partial charge >= 0.3 is 42.1 Å². The van der Waals surface area contributed by atoms with Crippen molar-refractivity contribution in [3.8, 4) is 0 Å². The minimum atomic E-state index is 0. The summed E-state index contributed by atoms with van der Waals surface area (Å²) >= 11 is 0. The van der Waals surface area contributed by atoms with E-state index in [-0.39, 0.29) is 64.0 Å². The first-order valence-electron chi connectivity index (χ1n) is 30.4. The van der Waals surface area contributed by atoms with Crippen molar-refractivity contribution in [1.82, 2.24) is 37.9 Å². The van der Waals surface area contributed by atoms with Gasteiger partial charge in [-0.25, -0.2) is 9.97 Å². The molecule has 0 atom stereocenters. The molecule has 0 aliphatic carbocycles. The smallest absolute Gasteiger partial charge is 0.449 e. The molecule has 8 nitrogen and oxygen atoms in total. The summed E-state index contributed by atoms with van der Waals surface area (Å²) in [6, 6.07) is 75.8. The molecule has 8 heterocycles. The van der Waals surface area contributed by atoms with Crippen molar-refractivity contribution in [3.05, 3.63) is 255 Å². The topological polar surface area (TPSA) is 70.2 Å². The Morgan fingerprint density at radius 3 is 0.856 bits per heavy atom. The molecule has 0 aliphatic heterocycles. The summed E-state index contributed by atoms with van der Waals surface area (Å²) < 4.78 is 8.67. The van der Waals surface area contributed by atoms with E-state index in [0.29, 0.717) is 0 Å². The van der Waals surface area contributed by atoms with Gasteiger partial charge in [-0.15, -0.1) is 23.2 Å². The van der Waals surface area contributed by atoms with Crippen LogP contribution in [0.1, 0.15) is 94.5 Å². The number of pyridine rings is 2. The number of imidazole rings is 2. The Morgan fingerprint density at radius 2 is 0.567 bits per heavy atom. The second-order valence-electron chi connectivity index (χ2n) is 26.9. The molecule has 0 saturated carbocycles. The van der Waals surface area contributed by atoms with Gasteiger partial charge in [0.05, 0.1) is 0 Å². The van der Waals surface area contributed by atoms with E-state index in [1.54, 1.807) is 0 Å². The number of fused-ring (bicyclic) bond motifs is 20. The van der Waals surface area contributed by atoms with Crippen LogP contribution in [-0.2, 0) is 64.0 Å². The second kappa shape index (κ2) is 24.7. The summed E-state index contributed by atoms with van der Waals surface area (Å²) in [6.45, 7) is 25.9. The van der Waals surface area contributed by atoms with Crippen LogP contribution < -0.4 is 0 Å². The van der Waals surface area contributed by atoms with Crippen molar-refractivity contribution in [2.24, 2.45) is 0 Å². The molecule has 0 amide bonds. The number of benzene rings is 8. The summed E-state index contributed by atoms with van der Waals surface area (Å²) in [6.07, 6.45) is 14.0. The monoisotopic (exact) mass is 1530 g/mol. The van der Waals surface area contributed by atoms with Gasteiger partial charge in [0, 0.05) is 68.7 Å². The Bertz CT molecular complexity index is 5010. The standard InChI is InChI=1S/2C29H17N2.2C11H19N2.2Pt/c2*1-3-11-21-19(9-1)20-10-2-4-12-22(20)26-16-8-18-30-29(26)31-27-17-6-5-13-23(27)25-15-7-14-24(21)28(25)31;2*1-10(2,3)9-7-13(8-12-9)11(4,5)6;;/h2*1-16,18H;2*7H,1-6H3;;/q4*-1;2*+2. The van der Waals surface area contributed by atoms with Gasteiger partial charge in [0.25, 0.3) is 0 Å². The van der Waals surface area contributed by atoms with E-state index in [4.69, 9.17) is 9.97 Å². The Labute approximate surface area is 555 Å². The zero-order valence-corrected chi connectivity index (χ0v) is 57.5. The molecule has 452 valence electrons. The van der Waals surface area contributed by atoms with Gasteiger partial charge in [-0.2, -0.15) is 48.5 Å². The van der Waals surface area contributed by atoms with Crippen molar-refractivity contribution >= 4 is 120 Å². The average molecular weight is 1540 g/mol. The van der Waals surface area contributed by atoms with Crippen LogP contribution in [0.15, 0.2) is 219 Å². The Kier molecular flexibility index (Phi) is 17.3. The van der Waals surface area contributed by atoms with Crippen molar-refractivity contribution in [3.63, 3.8) is 0 Å². The van der Waals surface area contributed by atoms with Gasteiger partial charge in [0.1, 0.15) is 11.3 Å². The molecule has 0 spiro atoms. The third-order valence-corrected chi connectivity index (χ3v) is 16.7. The molecule has 90 heavy (non-hydrogen) atoms. The predicted octanol–water partition coefficient (Wildman–Crippen LogP) is 20.4. The Balaban J connectivity index is 0.000000133. The van der Waals surface area contributed by atoms with Crippen LogP contribution in [0.25, 0.3) is 120 Å². The van der Waals surface area contributed by atoms with E-state index >= 15 is 0 Å². The molecule has 0 saturated heterocycles. The van der Waals surface area contributed by atoms with Crippen LogP contribution in [0.3, 0.4) is 0 Å². The van der Waals surface area contributed by atoms with Crippen LogP contribution >= 0.6 is 0 Å². The van der Waals surface area contributed by atoms with E-state index in [0.717, 1.165) is 44.5 Å². The number of hydrogen-bond donors (Lipinski definition) is 0. The van der Waals surface area contributed by atoms with Gasteiger partial charge in [-0.1, -0.05) is 208 Å². The quantitative estimate of drug-likeness (QED) is 0.142. The van der Waals surface area contributed by atoms with E-state index in [1.165, 1.54) is 86.4 Å². The van der Waals surface area contributed by atoms with E-state index in [2.05, 4.69) is 309 Å². The summed E-state index contributed by atoms with van der Waals surface area (Å²) in [5.74, 6) is 0. The van der Waals surface area contributed by atoms with Crippen molar-refractivity contribution in [2.45, 2.75) is 105 Å². The maximum atomic E-state index is 4.91. The summed E-state index contributed by atoms with van der Waals surface area (Å²) in [4.78, 5) is 18.4. The molecule has 0 bridgehead atoms. The fourth-order valence-electron chi connectivity index (χ4n) is 12.1. The predicted molar refractivity (Wildman–Crippen MR) is 370 cm³/mol. The first kappa shape index (κ1) is 63.0. The summed E-state index contributed by atoms with van der Waals surface area (Å²) in [7, 11) is 0. The van der Waals surface area contributed by atoms with Crippen molar-refractivity contribution < 1.29 is 42.1 Å². The summed E-state index contributed by atoms with van der Waals surface area (Å²) in [5.41, 5.74) is 8.96. The van der Waals surface area contributed by atoms with Crippen molar-refractivity contribution in [2.75, 3.05) is 0 Å². The molecular weight excluding hydrogens is 1460 g/mol. The molecule has 8 aromatic carbocycles. The molecule has 0 radical (unpaired) electrons. The number of nitrogens with zero attached hydrogens (tertiary/aromatic N) is 8. The Morgan fingerprint density at radius 1 is 0.300 bits per heavy atom. The molecule has 0 aliphatic rings. The third kappa shape index (κ3) is 11.6. The zero-order chi connectivity index (χ0) is 61.3. The fraction of sp³-hybridized carbons (Fsp3) is 0.200. The third-order valence-electron chi connectivity index (χ3n) is 16.7. The van der Waals surface area contributed by atoms with Gasteiger partial charge < -0.3 is 27.9 Å². The first-order chi connectivity index (χ1) is 42.3. The normalized spacial score (nSPS) is 12.0. The van der Waals surface area contributed by atoms with Gasteiger partial charge in [0.2, 0.25) is 0 Å². The Hall–Kier alpha value is -8.54. The van der Waals surface area contributed by atoms with E-state index in [1.807, 2.05) is 45.8 Å². The van der Waals surface area contributed by atoms with E-state index < -0.39 is 0 Å². The molecule has 0 unspecified atom stereocenters. The van der Waals surface area contributed by atoms with Crippen LogP contribution in [0, 0.1) is 24.8 Å². The number of aromatic nitrogens is 8. The molecule has 8 aromatic heterocycles. The van der Waals surface area contributed by atoms with Crippen LogP contribution in [-0.4, -0.2) is 37.9 Å². The zero-order valence-electron chi connectivity index (χ0n) is 53.0. The molecule has 10 heteroatoms. The minimum absolute atomic E-state index is 0. The molecule has 16 aromatic rings. The fourth-order valence-corrected chi connectivity index (χ4v) is 12.1. The second-order valence-corrected chi connectivity index (χ2v) is 26.9. The van der Waals surface area contributed by atoms with Gasteiger partial charge in [0.15, 0.2) is 0 Å². The van der Waals surface area contributed by atoms with Crippen LogP contribution in [0.5, 0.6) is 0 Å². The number of rotatable bonds is 0. The number of hydrogen-bond acceptors (Lipinski definition) is 4. The maximum Gasteiger partial charge on any atom is 2.00 e. The molecule has 0 fully saturated rings.